The lowest BCUT2D eigenvalue weighted by Crippen LogP contribution is -2.30. The summed E-state index contributed by atoms with van der Waals surface area (Å²) in [5.74, 6) is 0.131. The minimum atomic E-state index is -3.23. The van der Waals surface area contributed by atoms with E-state index in [-0.39, 0.29) is 11.8 Å². The lowest BCUT2D eigenvalue weighted by molar-refractivity contribution is 0.563. The van der Waals surface area contributed by atoms with Gasteiger partial charge in [-0.2, -0.15) is 0 Å². The zero-order valence-corrected chi connectivity index (χ0v) is 12.2. The third kappa shape index (κ3) is 5.35. The zero-order valence-electron chi connectivity index (χ0n) is 10.6. The van der Waals surface area contributed by atoms with Crippen LogP contribution in [0.5, 0.6) is 0 Å². The lowest BCUT2D eigenvalue weighted by atomic mass is 10.1. The van der Waals surface area contributed by atoms with Gasteiger partial charge in [0.1, 0.15) is 0 Å². The van der Waals surface area contributed by atoms with Crippen molar-refractivity contribution in [1.29, 1.82) is 0 Å². The van der Waals surface area contributed by atoms with Crippen molar-refractivity contribution in [1.82, 2.24) is 10.0 Å². The molecule has 4 nitrogen and oxygen atoms in total. The van der Waals surface area contributed by atoms with Crippen LogP contribution in [0.25, 0.3) is 0 Å². The maximum absolute atomic E-state index is 11.8. The molecule has 6 heteroatoms. The highest BCUT2D eigenvalue weighted by molar-refractivity contribution is 7.89. The maximum atomic E-state index is 11.8. The van der Waals surface area contributed by atoms with Crippen molar-refractivity contribution in [2.75, 3.05) is 19.3 Å². The van der Waals surface area contributed by atoms with Gasteiger partial charge in [-0.05, 0) is 44.6 Å². The van der Waals surface area contributed by atoms with Gasteiger partial charge >= 0.3 is 0 Å². The van der Waals surface area contributed by atoms with Gasteiger partial charge in [-0.15, -0.1) is 0 Å². The average Bonchev–Trinajstić information content (AvgIpc) is 2.29. The monoisotopic (exact) mass is 290 g/mol. The van der Waals surface area contributed by atoms with E-state index in [1.807, 2.05) is 19.1 Å². The Balaban J connectivity index is 2.58. The Bertz CT molecular complexity index is 459. The van der Waals surface area contributed by atoms with Crippen LogP contribution in [-0.4, -0.2) is 27.8 Å². The Kier molecular flexibility index (Phi) is 6.08. The van der Waals surface area contributed by atoms with Crippen LogP contribution in [0.3, 0.4) is 0 Å². The first kappa shape index (κ1) is 15.4. The molecule has 0 saturated heterocycles. The molecule has 0 radical (unpaired) electrons. The van der Waals surface area contributed by atoms with Crippen molar-refractivity contribution >= 4 is 21.6 Å². The number of nitrogens with one attached hydrogen (secondary N) is 2. The van der Waals surface area contributed by atoms with E-state index >= 15 is 0 Å². The Morgan fingerprint density at radius 1 is 1.28 bits per heavy atom. The van der Waals surface area contributed by atoms with Gasteiger partial charge in [0.25, 0.3) is 0 Å². The van der Waals surface area contributed by atoms with Crippen molar-refractivity contribution in [2.45, 2.75) is 19.4 Å². The van der Waals surface area contributed by atoms with E-state index in [1.54, 1.807) is 19.2 Å². The second-order valence-corrected chi connectivity index (χ2v) is 6.48. The highest BCUT2D eigenvalue weighted by Crippen LogP contribution is 2.16. The molecule has 1 atom stereocenters. The standard InChI is InChI=1S/C12H19ClN2O2S/c1-10(11-4-6-12(13)7-5-11)15-18(16,17)9-3-8-14-2/h4-7,10,14-15H,3,8-9H2,1-2H3. The van der Waals surface area contributed by atoms with Crippen molar-refractivity contribution in [3.05, 3.63) is 34.9 Å². The Labute approximate surface area is 114 Å². The molecule has 0 aromatic heterocycles. The van der Waals surface area contributed by atoms with E-state index in [2.05, 4.69) is 10.0 Å². The normalized spacial score (nSPS) is 13.5. The molecule has 0 fully saturated rings. The van der Waals surface area contributed by atoms with Crippen LogP contribution in [0.4, 0.5) is 0 Å². The van der Waals surface area contributed by atoms with E-state index in [0.717, 1.165) is 5.56 Å². The number of sulfonamides is 1. The number of halogens is 1. The topological polar surface area (TPSA) is 58.2 Å². The van der Waals surface area contributed by atoms with Gasteiger partial charge in [0.05, 0.1) is 5.75 Å². The predicted octanol–water partition coefficient (Wildman–Crippen LogP) is 1.93. The molecule has 0 spiro atoms. The maximum Gasteiger partial charge on any atom is 0.212 e. The highest BCUT2D eigenvalue weighted by atomic mass is 35.5. The third-order valence-electron chi connectivity index (χ3n) is 2.57. The van der Waals surface area contributed by atoms with E-state index in [1.165, 1.54) is 0 Å². The Morgan fingerprint density at radius 2 is 1.89 bits per heavy atom. The largest absolute Gasteiger partial charge is 0.320 e. The molecule has 0 aliphatic heterocycles. The SMILES string of the molecule is CNCCCS(=O)(=O)NC(C)c1ccc(Cl)cc1. The van der Waals surface area contributed by atoms with Crippen LogP contribution in [0.1, 0.15) is 24.9 Å². The molecule has 18 heavy (non-hydrogen) atoms. The van der Waals surface area contributed by atoms with Gasteiger partial charge in [0.2, 0.25) is 10.0 Å². The molecular formula is C12H19ClN2O2S. The fourth-order valence-electron chi connectivity index (χ4n) is 1.59. The molecule has 1 aromatic carbocycles. The smallest absolute Gasteiger partial charge is 0.212 e. The quantitative estimate of drug-likeness (QED) is 0.755. The van der Waals surface area contributed by atoms with Crippen LogP contribution < -0.4 is 10.0 Å². The van der Waals surface area contributed by atoms with E-state index in [4.69, 9.17) is 11.6 Å². The average molecular weight is 291 g/mol. The number of benzene rings is 1. The van der Waals surface area contributed by atoms with Crippen molar-refractivity contribution in [3.63, 3.8) is 0 Å². The van der Waals surface area contributed by atoms with Gasteiger partial charge in [-0.3, -0.25) is 0 Å². The van der Waals surface area contributed by atoms with Gasteiger partial charge < -0.3 is 5.32 Å². The number of rotatable bonds is 7. The van der Waals surface area contributed by atoms with Crippen molar-refractivity contribution in [3.8, 4) is 0 Å². The van der Waals surface area contributed by atoms with Crippen LogP contribution in [0.2, 0.25) is 5.02 Å². The molecule has 102 valence electrons. The fraction of sp³-hybridized carbons (Fsp3) is 0.500. The summed E-state index contributed by atoms with van der Waals surface area (Å²) in [6.45, 7) is 2.51. The van der Waals surface area contributed by atoms with E-state index in [0.29, 0.717) is 18.0 Å². The molecule has 0 amide bonds. The van der Waals surface area contributed by atoms with Crippen molar-refractivity contribution < 1.29 is 8.42 Å². The predicted molar refractivity (Wildman–Crippen MR) is 75.3 cm³/mol. The van der Waals surface area contributed by atoms with Gasteiger partial charge in [0.15, 0.2) is 0 Å². The molecule has 0 heterocycles. The first-order valence-electron chi connectivity index (χ1n) is 5.84. The molecule has 0 bridgehead atoms. The molecule has 1 aromatic rings. The summed E-state index contributed by atoms with van der Waals surface area (Å²) in [5.41, 5.74) is 0.900. The minimum absolute atomic E-state index is 0.131. The molecule has 2 N–H and O–H groups in total. The lowest BCUT2D eigenvalue weighted by Gasteiger charge is -2.14. The van der Waals surface area contributed by atoms with Crippen LogP contribution in [0, 0.1) is 0 Å². The molecular weight excluding hydrogens is 272 g/mol. The molecule has 0 aliphatic carbocycles. The molecule has 1 rings (SSSR count). The van der Waals surface area contributed by atoms with Crippen LogP contribution >= 0.6 is 11.6 Å². The first-order chi connectivity index (χ1) is 8.44. The second-order valence-electron chi connectivity index (χ2n) is 4.17. The number of hydrogen-bond acceptors (Lipinski definition) is 3. The summed E-state index contributed by atoms with van der Waals surface area (Å²) >= 11 is 5.79. The minimum Gasteiger partial charge on any atom is -0.320 e. The Morgan fingerprint density at radius 3 is 2.44 bits per heavy atom. The van der Waals surface area contributed by atoms with Gasteiger partial charge in [0, 0.05) is 11.1 Å². The summed E-state index contributed by atoms with van der Waals surface area (Å²) in [5, 5.41) is 3.57. The fourth-order valence-corrected chi connectivity index (χ4v) is 3.03. The summed E-state index contributed by atoms with van der Waals surface area (Å²) < 4.78 is 26.2. The summed E-state index contributed by atoms with van der Waals surface area (Å²) in [7, 11) is -1.43. The van der Waals surface area contributed by atoms with Gasteiger partial charge in [-0.1, -0.05) is 23.7 Å². The summed E-state index contributed by atoms with van der Waals surface area (Å²) in [6.07, 6.45) is 0.596. The van der Waals surface area contributed by atoms with E-state index in [9.17, 15) is 8.42 Å². The highest BCUT2D eigenvalue weighted by Gasteiger charge is 2.15. The van der Waals surface area contributed by atoms with Gasteiger partial charge in [-0.25, -0.2) is 13.1 Å². The van der Waals surface area contributed by atoms with E-state index < -0.39 is 10.0 Å². The summed E-state index contributed by atoms with van der Waals surface area (Å²) in [6, 6.07) is 6.90. The molecule has 0 aliphatic rings. The first-order valence-corrected chi connectivity index (χ1v) is 7.87. The third-order valence-corrected chi connectivity index (χ3v) is 4.36. The Hall–Kier alpha value is -0.620. The second kappa shape index (κ2) is 7.09. The van der Waals surface area contributed by atoms with Crippen molar-refractivity contribution in [2.24, 2.45) is 0 Å². The van der Waals surface area contributed by atoms with Crippen LogP contribution in [0.15, 0.2) is 24.3 Å². The van der Waals surface area contributed by atoms with Crippen LogP contribution in [-0.2, 0) is 10.0 Å². The zero-order chi connectivity index (χ0) is 13.6. The number of hydrogen-bond donors (Lipinski definition) is 2. The molecule has 1 unspecified atom stereocenters. The summed E-state index contributed by atoms with van der Waals surface area (Å²) in [4.78, 5) is 0. The molecule has 0 saturated carbocycles.